The molecule has 2 aromatic carbocycles. The highest BCUT2D eigenvalue weighted by Gasteiger charge is 2.23. The van der Waals surface area contributed by atoms with Gasteiger partial charge in [0.05, 0.1) is 28.0 Å². The predicted octanol–water partition coefficient (Wildman–Crippen LogP) is 3.41. The molecule has 1 aliphatic heterocycles. The molecule has 1 aliphatic rings. The van der Waals surface area contributed by atoms with Gasteiger partial charge in [-0.3, -0.25) is 9.10 Å². The number of nitrogens with one attached hydrogen (secondary N) is 1. The fourth-order valence-corrected chi connectivity index (χ4v) is 4.01. The second-order valence-corrected chi connectivity index (χ2v) is 9.28. The molecule has 0 aliphatic carbocycles. The highest BCUT2D eigenvalue weighted by atomic mass is 35.5. The summed E-state index contributed by atoms with van der Waals surface area (Å²) < 4.78 is 36.5. The Morgan fingerprint density at radius 2 is 1.79 bits per heavy atom. The molecule has 0 bridgehead atoms. The average Bonchev–Trinajstić information content (AvgIpc) is 2.67. The van der Waals surface area contributed by atoms with Gasteiger partial charge >= 0.3 is 0 Å². The van der Waals surface area contributed by atoms with E-state index in [1.165, 1.54) is 18.2 Å². The number of rotatable bonds is 6. The van der Waals surface area contributed by atoms with Crippen molar-refractivity contribution >= 4 is 44.8 Å². The SMILES string of the molecule is CC(NC(=O)CN(c1ccc(Cl)c(Cl)c1)S(C)(=O)=O)c1ccc2c(c1)OCCO2. The summed E-state index contributed by atoms with van der Waals surface area (Å²) in [7, 11) is -3.72. The fourth-order valence-electron chi connectivity index (χ4n) is 2.87. The summed E-state index contributed by atoms with van der Waals surface area (Å²) in [5.74, 6) is 0.800. The Hall–Kier alpha value is -2.16. The molecular weight excluding hydrogens is 439 g/mol. The minimum absolute atomic E-state index is 0.197. The molecule has 0 radical (unpaired) electrons. The molecule has 1 amide bonds. The first-order chi connectivity index (χ1) is 13.6. The molecule has 1 N–H and O–H groups in total. The van der Waals surface area contributed by atoms with E-state index < -0.39 is 22.5 Å². The first-order valence-electron chi connectivity index (χ1n) is 8.77. The number of carbonyl (C=O) groups excluding carboxylic acids is 1. The van der Waals surface area contributed by atoms with Gasteiger partial charge in [-0.15, -0.1) is 0 Å². The molecular formula is C19H20Cl2N2O5S. The van der Waals surface area contributed by atoms with Gasteiger partial charge in [0, 0.05) is 0 Å². The largest absolute Gasteiger partial charge is 0.486 e. The van der Waals surface area contributed by atoms with Gasteiger partial charge in [-0.05, 0) is 42.8 Å². The van der Waals surface area contributed by atoms with Crippen LogP contribution in [0.15, 0.2) is 36.4 Å². The number of sulfonamides is 1. The van der Waals surface area contributed by atoms with Crippen LogP contribution in [0.4, 0.5) is 5.69 Å². The number of hydrogen-bond donors (Lipinski definition) is 1. The Bertz CT molecular complexity index is 1030. The van der Waals surface area contributed by atoms with E-state index >= 15 is 0 Å². The lowest BCUT2D eigenvalue weighted by molar-refractivity contribution is -0.120. The zero-order valence-electron chi connectivity index (χ0n) is 15.8. The molecule has 2 aromatic rings. The van der Waals surface area contributed by atoms with Crippen LogP contribution in [0, 0.1) is 0 Å². The maximum Gasteiger partial charge on any atom is 0.241 e. The molecule has 0 spiro atoms. The van der Waals surface area contributed by atoms with Gasteiger partial charge in [-0.1, -0.05) is 29.3 Å². The highest BCUT2D eigenvalue weighted by molar-refractivity contribution is 7.92. The molecule has 1 heterocycles. The van der Waals surface area contributed by atoms with E-state index in [9.17, 15) is 13.2 Å². The molecule has 0 saturated carbocycles. The number of halogens is 2. The monoisotopic (exact) mass is 458 g/mol. The van der Waals surface area contributed by atoms with E-state index in [0.29, 0.717) is 29.7 Å². The molecule has 3 rings (SSSR count). The molecule has 10 heteroatoms. The van der Waals surface area contributed by atoms with E-state index in [4.69, 9.17) is 32.7 Å². The summed E-state index contributed by atoms with van der Waals surface area (Å²) in [6.07, 6.45) is 1.02. The third-order valence-electron chi connectivity index (χ3n) is 4.32. The summed E-state index contributed by atoms with van der Waals surface area (Å²) in [4.78, 5) is 12.6. The van der Waals surface area contributed by atoms with E-state index in [1.54, 1.807) is 19.1 Å². The van der Waals surface area contributed by atoms with Crippen molar-refractivity contribution in [1.82, 2.24) is 5.32 Å². The number of anilines is 1. The summed E-state index contributed by atoms with van der Waals surface area (Å²) in [6.45, 7) is 2.36. The molecule has 0 saturated heterocycles. The summed E-state index contributed by atoms with van der Waals surface area (Å²) in [6, 6.07) is 9.42. The van der Waals surface area contributed by atoms with Crippen LogP contribution in [-0.2, 0) is 14.8 Å². The molecule has 1 unspecified atom stereocenters. The lowest BCUT2D eigenvalue weighted by Crippen LogP contribution is -2.41. The predicted molar refractivity (Wildman–Crippen MR) is 113 cm³/mol. The highest BCUT2D eigenvalue weighted by Crippen LogP contribution is 2.32. The smallest absolute Gasteiger partial charge is 0.241 e. The fraction of sp³-hybridized carbons (Fsp3) is 0.316. The van der Waals surface area contributed by atoms with Crippen molar-refractivity contribution in [1.29, 1.82) is 0 Å². The molecule has 0 aromatic heterocycles. The van der Waals surface area contributed by atoms with Gasteiger partial charge < -0.3 is 14.8 Å². The molecule has 0 fully saturated rings. The van der Waals surface area contributed by atoms with Crippen molar-refractivity contribution in [2.24, 2.45) is 0 Å². The molecule has 156 valence electrons. The summed E-state index contributed by atoms with van der Waals surface area (Å²) in [5, 5.41) is 3.29. The molecule has 7 nitrogen and oxygen atoms in total. The van der Waals surface area contributed by atoms with Crippen molar-refractivity contribution < 1.29 is 22.7 Å². The van der Waals surface area contributed by atoms with E-state index in [1.807, 2.05) is 6.07 Å². The minimum Gasteiger partial charge on any atom is -0.486 e. The zero-order valence-corrected chi connectivity index (χ0v) is 18.1. The van der Waals surface area contributed by atoms with Crippen LogP contribution in [0.25, 0.3) is 0 Å². The van der Waals surface area contributed by atoms with E-state index in [2.05, 4.69) is 5.32 Å². The lowest BCUT2D eigenvalue weighted by Gasteiger charge is -2.24. The third kappa shape index (κ3) is 5.26. The van der Waals surface area contributed by atoms with Crippen LogP contribution in [0.5, 0.6) is 11.5 Å². The number of carbonyl (C=O) groups is 1. The van der Waals surface area contributed by atoms with Gasteiger partial charge in [-0.2, -0.15) is 0 Å². The van der Waals surface area contributed by atoms with Crippen molar-refractivity contribution in [3.63, 3.8) is 0 Å². The summed E-state index contributed by atoms with van der Waals surface area (Å²) in [5.41, 5.74) is 1.06. The van der Waals surface area contributed by atoms with Crippen LogP contribution in [0.2, 0.25) is 10.0 Å². The number of benzene rings is 2. The Morgan fingerprint density at radius 1 is 1.10 bits per heavy atom. The topological polar surface area (TPSA) is 84.9 Å². The zero-order chi connectivity index (χ0) is 21.2. The maximum absolute atomic E-state index is 12.6. The first kappa shape index (κ1) is 21.5. The average molecular weight is 459 g/mol. The summed E-state index contributed by atoms with van der Waals surface area (Å²) >= 11 is 11.9. The molecule has 1 atom stereocenters. The number of nitrogens with zero attached hydrogens (tertiary/aromatic N) is 1. The second-order valence-electron chi connectivity index (χ2n) is 6.56. The standard InChI is InChI=1S/C19H20Cl2N2O5S/c1-12(13-3-6-17-18(9-13)28-8-7-27-17)22-19(24)11-23(29(2,25)26)14-4-5-15(20)16(21)10-14/h3-6,9-10,12H,7-8,11H2,1-2H3,(H,22,24). The van der Waals surface area contributed by atoms with Gasteiger partial charge in [0.25, 0.3) is 0 Å². The van der Waals surface area contributed by atoms with Gasteiger partial charge in [0.15, 0.2) is 11.5 Å². The first-order valence-corrected chi connectivity index (χ1v) is 11.4. The van der Waals surface area contributed by atoms with Crippen LogP contribution in [0.1, 0.15) is 18.5 Å². The number of ether oxygens (including phenoxy) is 2. The van der Waals surface area contributed by atoms with Gasteiger partial charge in [-0.25, -0.2) is 8.42 Å². The normalized spacial score (nSPS) is 14.2. The Morgan fingerprint density at radius 3 is 2.45 bits per heavy atom. The van der Waals surface area contributed by atoms with Crippen molar-refractivity contribution in [3.05, 3.63) is 52.0 Å². The lowest BCUT2D eigenvalue weighted by atomic mass is 10.1. The van der Waals surface area contributed by atoms with E-state index in [-0.39, 0.29) is 16.8 Å². The van der Waals surface area contributed by atoms with Crippen molar-refractivity contribution in [2.45, 2.75) is 13.0 Å². The van der Waals surface area contributed by atoms with Crippen LogP contribution in [0.3, 0.4) is 0 Å². The Labute approximate surface area is 179 Å². The molecule has 29 heavy (non-hydrogen) atoms. The van der Waals surface area contributed by atoms with Crippen molar-refractivity contribution in [3.8, 4) is 11.5 Å². The number of hydrogen-bond acceptors (Lipinski definition) is 5. The quantitative estimate of drug-likeness (QED) is 0.716. The van der Waals surface area contributed by atoms with Gasteiger partial charge in [0.2, 0.25) is 15.9 Å². The van der Waals surface area contributed by atoms with Gasteiger partial charge in [0.1, 0.15) is 19.8 Å². The van der Waals surface area contributed by atoms with Crippen molar-refractivity contribution in [2.75, 3.05) is 30.3 Å². The number of fused-ring (bicyclic) bond motifs is 1. The van der Waals surface area contributed by atoms with Crippen LogP contribution >= 0.6 is 23.2 Å². The minimum atomic E-state index is -3.72. The Balaban J connectivity index is 1.74. The van der Waals surface area contributed by atoms with Crippen LogP contribution < -0.4 is 19.1 Å². The second kappa shape index (κ2) is 8.69. The third-order valence-corrected chi connectivity index (χ3v) is 6.20. The maximum atomic E-state index is 12.6. The number of amides is 1. The van der Waals surface area contributed by atoms with E-state index in [0.717, 1.165) is 16.1 Å². The Kier molecular flexibility index (Phi) is 6.45. The van der Waals surface area contributed by atoms with Crippen LogP contribution in [-0.4, -0.2) is 40.3 Å².